The molecular formula is C23H33N5O. The molecule has 0 unspecified atom stereocenters. The summed E-state index contributed by atoms with van der Waals surface area (Å²) in [5.74, 6) is 0.826. The fourth-order valence-electron chi connectivity index (χ4n) is 5.32. The second-order valence-electron chi connectivity index (χ2n) is 9.29. The van der Waals surface area contributed by atoms with Gasteiger partial charge in [0.05, 0.1) is 11.1 Å². The van der Waals surface area contributed by atoms with E-state index in [0.29, 0.717) is 24.5 Å². The number of amides is 1. The Kier molecular flexibility index (Phi) is 5.72. The molecule has 2 aromatic rings. The number of H-pyrrole nitrogens is 1. The topological polar surface area (TPSA) is 73.9 Å². The van der Waals surface area contributed by atoms with Gasteiger partial charge in [0, 0.05) is 43.3 Å². The van der Waals surface area contributed by atoms with Gasteiger partial charge in [-0.2, -0.15) is 5.10 Å². The van der Waals surface area contributed by atoms with Crippen molar-refractivity contribution in [2.24, 2.45) is 11.3 Å². The highest BCUT2D eigenvalue weighted by molar-refractivity contribution is 5.84. The predicted molar refractivity (Wildman–Crippen MR) is 113 cm³/mol. The van der Waals surface area contributed by atoms with Gasteiger partial charge in [-0.3, -0.25) is 19.8 Å². The van der Waals surface area contributed by atoms with Crippen LogP contribution in [0, 0.1) is 18.3 Å². The molecule has 3 atom stereocenters. The van der Waals surface area contributed by atoms with Crippen molar-refractivity contribution in [3.8, 4) is 0 Å². The average molecular weight is 396 g/mol. The molecule has 4 heterocycles. The van der Waals surface area contributed by atoms with Crippen molar-refractivity contribution in [3.05, 3.63) is 47.5 Å². The van der Waals surface area contributed by atoms with Gasteiger partial charge in [-0.15, -0.1) is 0 Å². The lowest BCUT2D eigenvalue weighted by atomic mass is 9.69. The van der Waals surface area contributed by atoms with Gasteiger partial charge in [0.25, 0.3) is 0 Å². The minimum atomic E-state index is -0.286. The highest BCUT2D eigenvalue weighted by atomic mass is 16.2. The van der Waals surface area contributed by atoms with Crippen LogP contribution in [0.15, 0.2) is 30.6 Å². The summed E-state index contributed by atoms with van der Waals surface area (Å²) in [6.07, 6.45) is 8.87. The maximum Gasteiger partial charge on any atom is 0.228 e. The number of nitrogens with zero attached hydrogens (tertiary/aromatic N) is 3. The molecule has 1 amide bonds. The van der Waals surface area contributed by atoms with Crippen LogP contribution < -0.4 is 5.32 Å². The Labute approximate surface area is 173 Å². The minimum absolute atomic E-state index is 0.227. The van der Waals surface area contributed by atoms with Gasteiger partial charge >= 0.3 is 0 Å². The normalized spacial score (nSPS) is 26.3. The van der Waals surface area contributed by atoms with Crippen molar-refractivity contribution in [3.63, 3.8) is 0 Å². The van der Waals surface area contributed by atoms with Gasteiger partial charge in [0.1, 0.15) is 0 Å². The number of carbonyl (C=O) groups excluding carboxylic acids is 1. The van der Waals surface area contributed by atoms with E-state index in [-0.39, 0.29) is 11.3 Å². The van der Waals surface area contributed by atoms with Gasteiger partial charge in [0.15, 0.2) is 0 Å². The van der Waals surface area contributed by atoms with Crippen LogP contribution in [0.1, 0.15) is 62.9 Å². The van der Waals surface area contributed by atoms with E-state index in [4.69, 9.17) is 0 Å². The summed E-state index contributed by atoms with van der Waals surface area (Å²) in [7, 11) is 0. The zero-order valence-corrected chi connectivity index (χ0v) is 17.8. The zero-order chi connectivity index (χ0) is 20.4. The zero-order valence-electron chi connectivity index (χ0n) is 17.8. The molecule has 0 spiro atoms. The summed E-state index contributed by atoms with van der Waals surface area (Å²) >= 11 is 0. The molecule has 0 aromatic carbocycles. The van der Waals surface area contributed by atoms with Crippen LogP contribution in [0.3, 0.4) is 0 Å². The monoisotopic (exact) mass is 395 g/mol. The summed E-state index contributed by atoms with van der Waals surface area (Å²) in [5, 5.41) is 10.8. The Morgan fingerprint density at radius 1 is 1.34 bits per heavy atom. The fraction of sp³-hybridized carbons (Fsp3) is 0.609. The van der Waals surface area contributed by atoms with Crippen LogP contribution in [0.4, 0.5) is 0 Å². The first-order chi connectivity index (χ1) is 14.0. The molecule has 156 valence electrons. The molecule has 2 aromatic heterocycles. The molecule has 2 N–H and O–H groups in total. The molecule has 2 saturated heterocycles. The number of fused-ring (bicyclic) bond motifs is 2. The van der Waals surface area contributed by atoms with Crippen LogP contribution in [0.5, 0.6) is 0 Å². The second kappa shape index (κ2) is 8.27. The third-order valence-electron chi connectivity index (χ3n) is 6.81. The molecule has 0 saturated carbocycles. The first-order valence-electron chi connectivity index (χ1n) is 10.9. The van der Waals surface area contributed by atoms with Crippen LogP contribution >= 0.6 is 0 Å². The number of rotatable bonds is 8. The highest BCUT2D eigenvalue weighted by Gasteiger charge is 2.59. The Bertz CT molecular complexity index is 833. The first-order valence-corrected chi connectivity index (χ1v) is 10.9. The molecule has 29 heavy (non-hydrogen) atoms. The van der Waals surface area contributed by atoms with Gasteiger partial charge in [-0.1, -0.05) is 13.8 Å². The number of aryl methyl sites for hydroxylation is 1. The van der Waals surface area contributed by atoms with Crippen molar-refractivity contribution in [2.75, 3.05) is 0 Å². The third-order valence-corrected chi connectivity index (χ3v) is 6.81. The number of nitrogens with one attached hydrogen (secondary N) is 2. The Morgan fingerprint density at radius 2 is 2.14 bits per heavy atom. The molecule has 2 bridgehead atoms. The van der Waals surface area contributed by atoms with Gasteiger partial charge in [0.2, 0.25) is 5.91 Å². The van der Waals surface area contributed by atoms with E-state index in [1.54, 1.807) is 12.4 Å². The third kappa shape index (κ3) is 4.08. The number of pyridine rings is 1. The molecule has 2 fully saturated rings. The SMILES string of the molecule is Cc1cc(CN2[C@@H]3CC[C@H]2[C@@](CCC(C)C)(C(=O)NCc2ccncc2)C3)n[nH]1. The Morgan fingerprint density at radius 3 is 2.83 bits per heavy atom. The molecule has 0 radical (unpaired) electrons. The van der Waals surface area contributed by atoms with E-state index in [2.05, 4.69) is 45.3 Å². The molecule has 2 aliphatic rings. The van der Waals surface area contributed by atoms with Crippen LogP contribution in [0.2, 0.25) is 0 Å². The maximum absolute atomic E-state index is 13.6. The largest absolute Gasteiger partial charge is 0.351 e. The molecule has 6 nitrogen and oxygen atoms in total. The summed E-state index contributed by atoms with van der Waals surface area (Å²) in [5.41, 5.74) is 2.98. The molecule has 0 aliphatic carbocycles. The second-order valence-corrected chi connectivity index (χ2v) is 9.29. The summed E-state index contributed by atoms with van der Waals surface area (Å²) in [4.78, 5) is 20.2. The Balaban J connectivity index is 1.52. The summed E-state index contributed by atoms with van der Waals surface area (Å²) in [6.45, 7) is 7.94. The standard InChI is InChI=1S/C23H33N5O/c1-16(2)6-9-23(22(29)25-14-18-7-10-24-11-8-18)13-20-4-5-21(23)28(20)15-19-12-17(3)26-27-19/h7-8,10-12,16,20-21H,4-6,9,13-15H2,1-3H3,(H,25,29)(H,26,27)/t20-,21+,23+/m1/s1. The highest BCUT2D eigenvalue weighted by Crippen LogP contribution is 2.53. The summed E-state index contributed by atoms with van der Waals surface area (Å²) in [6, 6.07) is 6.84. The molecule has 4 rings (SSSR count). The van der Waals surface area contributed by atoms with E-state index < -0.39 is 0 Å². The summed E-state index contributed by atoms with van der Waals surface area (Å²) < 4.78 is 0. The number of aromatic nitrogens is 3. The lowest BCUT2D eigenvalue weighted by Crippen LogP contribution is -2.49. The lowest BCUT2D eigenvalue weighted by Gasteiger charge is -2.37. The van der Waals surface area contributed by atoms with E-state index in [0.717, 1.165) is 49.2 Å². The van der Waals surface area contributed by atoms with E-state index in [1.165, 1.54) is 6.42 Å². The van der Waals surface area contributed by atoms with Crippen molar-refractivity contribution < 1.29 is 4.79 Å². The minimum Gasteiger partial charge on any atom is -0.351 e. The maximum atomic E-state index is 13.6. The molecule has 2 aliphatic heterocycles. The number of hydrogen-bond acceptors (Lipinski definition) is 4. The van der Waals surface area contributed by atoms with Crippen LogP contribution in [-0.2, 0) is 17.9 Å². The van der Waals surface area contributed by atoms with E-state index in [1.807, 2.05) is 19.1 Å². The van der Waals surface area contributed by atoms with Crippen molar-refractivity contribution >= 4 is 5.91 Å². The Hall–Kier alpha value is -2.21. The van der Waals surface area contributed by atoms with Crippen LogP contribution in [-0.4, -0.2) is 38.1 Å². The van der Waals surface area contributed by atoms with Gasteiger partial charge in [-0.25, -0.2) is 0 Å². The average Bonchev–Trinajstić information content (AvgIpc) is 3.39. The number of carbonyl (C=O) groups is 1. The van der Waals surface area contributed by atoms with Gasteiger partial charge < -0.3 is 5.32 Å². The smallest absolute Gasteiger partial charge is 0.228 e. The quantitative estimate of drug-likeness (QED) is 0.716. The lowest BCUT2D eigenvalue weighted by molar-refractivity contribution is -0.133. The van der Waals surface area contributed by atoms with E-state index in [9.17, 15) is 4.79 Å². The number of aromatic amines is 1. The van der Waals surface area contributed by atoms with Crippen LogP contribution in [0.25, 0.3) is 0 Å². The van der Waals surface area contributed by atoms with Crippen molar-refractivity contribution in [1.82, 2.24) is 25.4 Å². The predicted octanol–water partition coefficient (Wildman–Crippen LogP) is 3.59. The molecule has 6 heteroatoms. The first kappa shape index (κ1) is 20.1. The van der Waals surface area contributed by atoms with E-state index >= 15 is 0 Å². The molecular weight excluding hydrogens is 362 g/mol. The fourth-order valence-corrected chi connectivity index (χ4v) is 5.32. The van der Waals surface area contributed by atoms with Crippen molar-refractivity contribution in [2.45, 2.75) is 78.0 Å². The van der Waals surface area contributed by atoms with Gasteiger partial charge in [-0.05, 0) is 68.7 Å². The number of hydrogen-bond donors (Lipinski definition) is 2. The van der Waals surface area contributed by atoms with Crippen molar-refractivity contribution in [1.29, 1.82) is 0 Å².